The Labute approximate surface area is 455 Å². The Morgan fingerprint density at radius 1 is 0.722 bits per heavy atom. The molecule has 1 aliphatic heterocycles. The predicted molar refractivity (Wildman–Crippen MR) is 298 cm³/mol. The minimum absolute atomic E-state index is 0.00276. The standard InChI is InChI=1S/C31H35N5O2.C30H30F3N5O3/c1-4-24-23-13-14-36(30(23)34-18-33-24)26-16-22(28-29(26)38-31(2,3)37-28)10-8-19-7-9-21-11-12-27(35-25(21)15-19)32-17-20-5-6-20;1-2-22-21-11-12-37(28(21)35-16-34-22)24-14-20(26(39)27(24)40)8-6-17-5-7-19-9-10-25(36-23(19)13-17)38(15-18-3-4-18)29(41)30(31,32)33/h4,7,9,11-15,18,20,22,26,28-29H,1,5-6,8,10,16-17H2,2-3H3,(H,32,35);2,5,7,9-13,16,18,20,24,26-27,39-40H,1,3-4,6,8,14-15H2/t22-,26+,28+,29-;20-,24+,26+,27-/m00/s1. The van der Waals surface area contributed by atoms with Crippen LogP contribution in [0, 0.1) is 23.7 Å². The Morgan fingerprint density at radius 2 is 1.28 bits per heavy atom. The summed E-state index contributed by atoms with van der Waals surface area (Å²) in [7, 11) is 0. The highest BCUT2D eigenvalue weighted by Gasteiger charge is 2.54. The molecule has 3 N–H and O–H groups in total. The molecule has 7 heterocycles. The van der Waals surface area contributed by atoms with Gasteiger partial charge in [0.05, 0.1) is 46.7 Å². The van der Waals surface area contributed by atoms with Crippen LogP contribution >= 0.6 is 0 Å². The Morgan fingerprint density at radius 3 is 1.89 bits per heavy atom. The molecular formula is C61H65F3N10O5. The van der Waals surface area contributed by atoms with Crippen molar-refractivity contribution in [1.82, 2.24) is 39.0 Å². The summed E-state index contributed by atoms with van der Waals surface area (Å²) in [4.78, 5) is 39.8. The summed E-state index contributed by atoms with van der Waals surface area (Å²) in [6.07, 6.45) is 12.6. The highest BCUT2D eigenvalue weighted by Crippen LogP contribution is 2.49. The van der Waals surface area contributed by atoms with Crippen LogP contribution in [0.3, 0.4) is 0 Å². The zero-order chi connectivity index (χ0) is 54.7. The topological polar surface area (TPSA) is 178 Å². The van der Waals surface area contributed by atoms with E-state index in [0.29, 0.717) is 42.0 Å². The SMILES string of the molecule is C=Cc1ncnc2c1ccn2[C@@H]1C[C@H](CCc2ccc3ccc(N(CC4CC4)C(=O)C(F)(F)F)nc3c2)[C@@H](O)[C@H]1O.C=Cc1ncnc2c1ccn2[C@@H]1C[C@H](CCc2ccc3ccc(NCC4CC4)nc3c2)[C@H]2OC(C)(C)O[C@H]21. The number of nitrogens with zero attached hydrogens (tertiary/aromatic N) is 9. The molecule has 79 heavy (non-hydrogen) atoms. The Bertz CT molecular complexity index is 3590. The van der Waals surface area contributed by atoms with Gasteiger partial charge in [-0.25, -0.2) is 29.9 Å². The number of alkyl halides is 3. The minimum Gasteiger partial charge on any atom is -0.390 e. The number of amides is 1. The van der Waals surface area contributed by atoms with Crippen LogP contribution in [-0.4, -0.2) is 105 Å². The zero-order valence-electron chi connectivity index (χ0n) is 44.3. The second-order valence-corrected chi connectivity index (χ2v) is 22.7. The number of nitrogens with one attached hydrogen (secondary N) is 1. The lowest BCUT2D eigenvalue weighted by molar-refractivity contribution is -0.170. The van der Waals surface area contributed by atoms with Gasteiger partial charge in [-0.05, 0) is 174 Å². The third-order valence-electron chi connectivity index (χ3n) is 16.8. The summed E-state index contributed by atoms with van der Waals surface area (Å²) in [6.45, 7) is 12.8. The van der Waals surface area contributed by atoms with Crippen LogP contribution in [0.15, 0.2) is 111 Å². The van der Waals surface area contributed by atoms with Gasteiger partial charge in [-0.3, -0.25) is 9.69 Å². The van der Waals surface area contributed by atoms with E-state index in [0.717, 1.165) is 93.9 Å². The minimum atomic E-state index is -4.98. The monoisotopic (exact) mass is 1070 g/mol. The van der Waals surface area contributed by atoms with Crippen molar-refractivity contribution < 1.29 is 37.7 Å². The molecule has 6 aromatic heterocycles. The summed E-state index contributed by atoms with van der Waals surface area (Å²) >= 11 is 0. The van der Waals surface area contributed by atoms with Crippen molar-refractivity contribution in [2.24, 2.45) is 23.7 Å². The lowest BCUT2D eigenvalue weighted by Crippen LogP contribution is -2.42. The van der Waals surface area contributed by atoms with Crippen LogP contribution in [0.25, 0.3) is 56.0 Å². The van der Waals surface area contributed by atoms with Crippen LogP contribution < -0.4 is 10.2 Å². The molecule has 0 bridgehead atoms. The number of hydrogen-bond acceptors (Lipinski definition) is 12. The highest BCUT2D eigenvalue weighted by molar-refractivity contribution is 5.97. The molecule has 13 rings (SSSR count). The molecule has 5 fully saturated rings. The number of aryl methyl sites for hydroxylation is 2. The van der Waals surface area contributed by atoms with Crippen LogP contribution in [-0.2, 0) is 27.1 Å². The van der Waals surface area contributed by atoms with Gasteiger partial charge in [0.2, 0.25) is 0 Å². The Hall–Kier alpha value is -7.12. The highest BCUT2D eigenvalue weighted by atomic mass is 19.4. The average Bonchev–Trinajstić information content (AvgIpc) is 4.37. The van der Waals surface area contributed by atoms with Gasteiger partial charge in [-0.2, -0.15) is 13.2 Å². The van der Waals surface area contributed by atoms with Crippen molar-refractivity contribution >= 4 is 73.6 Å². The van der Waals surface area contributed by atoms with E-state index in [9.17, 15) is 28.2 Å². The van der Waals surface area contributed by atoms with E-state index in [-0.39, 0.29) is 48.5 Å². The number of pyridine rings is 2. The molecule has 15 nitrogen and oxygen atoms in total. The Kier molecular flexibility index (Phi) is 14.1. The van der Waals surface area contributed by atoms with Gasteiger partial charge >= 0.3 is 12.1 Å². The fourth-order valence-corrected chi connectivity index (χ4v) is 12.3. The first-order valence-electron chi connectivity index (χ1n) is 27.6. The van der Waals surface area contributed by atoms with Crippen LogP contribution in [0.1, 0.15) is 99.8 Å². The first kappa shape index (κ1) is 52.6. The fourth-order valence-electron chi connectivity index (χ4n) is 12.3. The number of aliphatic hydroxyl groups excluding tert-OH is 2. The van der Waals surface area contributed by atoms with Crippen molar-refractivity contribution in [2.45, 2.75) is 127 Å². The molecule has 1 amide bonds. The molecule has 2 aromatic carbocycles. The van der Waals surface area contributed by atoms with Crippen molar-refractivity contribution in [2.75, 3.05) is 23.3 Å². The van der Waals surface area contributed by atoms with Gasteiger partial charge in [0.1, 0.15) is 47.8 Å². The number of rotatable bonds is 16. The molecule has 0 spiro atoms. The number of fused-ring (bicyclic) bond motifs is 5. The van der Waals surface area contributed by atoms with E-state index < -0.39 is 30.1 Å². The van der Waals surface area contributed by atoms with E-state index in [1.165, 1.54) is 36.2 Å². The van der Waals surface area contributed by atoms with Gasteiger partial charge in [-0.1, -0.05) is 37.4 Å². The van der Waals surface area contributed by atoms with Crippen LogP contribution in [0.5, 0.6) is 0 Å². The lowest BCUT2D eigenvalue weighted by atomic mass is 9.95. The second-order valence-electron chi connectivity index (χ2n) is 22.7. The van der Waals surface area contributed by atoms with E-state index in [2.05, 4.69) is 90.6 Å². The molecule has 8 aromatic rings. The number of anilines is 2. The van der Waals surface area contributed by atoms with Gasteiger partial charge < -0.3 is 34.1 Å². The molecule has 4 saturated carbocycles. The third kappa shape index (κ3) is 10.9. The quantitative estimate of drug-likeness (QED) is 0.0835. The number of carbonyl (C=O) groups is 1. The van der Waals surface area contributed by atoms with Crippen LogP contribution in [0.4, 0.5) is 24.8 Å². The van der Waals surface area contributed by atoms with Gasteiger partial charge in [0.25, 0.3) is 0 Å². The third-order valence-corrected chi connectivity index (χ3v) is 16.8. The first-order valence-corrected chi connectivity index (χ1v) is 27.6. The van der Waals surface area contributed by atoms with Crippen LogP contribution in [0.2, 0.25) is 0 Å². The number of carbonyl (C=O) groups excluding carboxylic acids is 1. The maximum Gasteiger partial charge on any atom is 0.471 e. The van der Waals surface area contributed by atoms with Crippen molar-refractivity contribution in [1.29, 1.82) is 0 Å². The maximum atomic E-state index is 13.3. The van der Waals surface area contributed by atoms with Gasteiger partial charge in [0, 0.05) is 47.0 Å². The number of ether oxygens (including phenoxy) is 2. The lowest BCUT2D eigenvalue weighted by Gasteiger charge is -2.24. The second kappa shape index (κ2) is 21.2. The van der Waals surface area contributed by atoms with E-state index >= 15 is 0 Å². The van der Waals surface area contributed by atoms with E-state index in [4.69, 9.17) is 14.5 Å². The first-order chi connectivity index (χ1) is 38.1. The molecule has 8 atom stereocenters. The molecule has 1 saturated heterocycles. The summed E-state index contributed by atoms with van der Waals surface area (Å²) in [5, 5.41) is 29.1. The molecule has 0 unspecified atom stereocenters. The molecule has 410 valence electrons. The fraction of sp³-hybridized carbons (Fsp3) is 0.426. The van der Waals surface area contributed by atoms with Crippen molar-refractivity contribution in [3.8, 4) is 0 Å². The summed E-state index contributed by atoms with van der Waals surface area (Å²) in [5.41, 5.74) is 6.93. The number of hydrogen-bond donors (Lipinski definition) is 3. The summed E-state index contributed by atoms with van der Waals surface area (Å²) < 4.78 is 57.0. The van der Waals surface area contributed by atoms with E-state index in [1.54, 1.807) is 24.5 Å². The summed E-state index contributed by atoms with van der Waals surface area (Å²) in [5.74, 6) is -0.436. The molecule has 0 radical (unpaired) electrons. The zero-order valence-corrected chi connectivity index (χ0v) is 44.3. The van der Waals surface area contributed by atoms with E-state index in [1.807, 2.05) is 48.9 Å². The average molecular weight is 1080 g/mol. The molecule has 5 aliphatic rings. The number of aliphatic hydroxyl groups is 2. The number of benzene rings is 2. The maximum absolute atomic E-state index is 13.3. The predicted octanol–water partition coefficient (Wildman–Crippen LogP) is 11.0. The molecule has 18 heteroatoms. The number of halogens is 3. The normalized spacial score (nSPS) is 24.4. The van der Waals surface area contributed by atoms with Crippen molar-refractivity contribution in [3.63, 3.8) is 0 Å². The van der Waals surface area contributed by atoms with Gasteiger partial charge in [0.15, 0.2) is 5.79 Å². The molecular weight excluding hydrogens is 1010 g/mol. The number of aromatic nitrogens is 8. The smallest absolute Gasteiger partial charge is 0.390 e. The summed E-state index contributed by atoms with van der Waals surface area (Å²) in [6, 6.07) is 23.5. The molecule has 4 aliphatic carbocycles. The largest absolute Gasteiger partial charge is 0.471 e. The van der Waals surface area contributed by atoms with Gasteiger partial charge in [-0.15, -0.1) is 0 Å². The van der Waals surface area contributed by atoms with Crippen molar-refractivity contribution in [3.05, 3.63) is 134 Å². The Balaban J connectivity index is 0.000000158.